The van der Waals surface area contributed by atoms with Crippen molar-refractivity contribution >= 4 is 28.7 Å². The minimum absolute atomic E-state index is 0.278. The van der Waals surface area contributed by atoms with Gasteiger partial charge in [-0.05, 0) is 67.1 Å². The second-order valence-electron chi connectivity index (χ2n) is 13.4. The van der Waals surface area contributed by atoms with Gasteiger partial charge in [0.05, 0.1) is 6.54 Å². The second-order valence-corrected chi connectivity index (χ2v) is 13.4. The summed E-state index contributed by atoms with van der Waals surface area (Å²) in [4.78, 5) is 11.5. The van der Waals surface area contributed by atoms with Gasteiger partial charge in [0.15, 0.2) is 0 Å². The van der Waals surface area contributed by atoms with Gasteiger partial charge in [0.1, 0.15) is 0 Å². The van der Waals surface area contributed by atoms with Crippen molar-refractivity contribution in [3.05, 3.63) is 157 Å². The predicted molar refractivity (Wildman–Crippen MR) is 242 cm³/mol. The first-order valence-electron chi connectivity index (χ1n) is 20.6. The molecule has 5 aromatic carbocycles. The number of para-hydroxylation sites is 4. The molecule has 5 aromatic rings. The van der Waals surface area contributed by atoms with Crippen molar-refractivity contribution in [2.24, 2.45) is 17.2 Å². The highest BCUT2D eigenvalue weighted by Gasteiger charge is 2.10. The smallest absolute Gasteiger partial charge is 0.317 e. The zero-order chi connectivity index (χ0) is 40.7. The monoisotopic (exact) mass is 762 g/mol. The van der Waals surface area contributed by atoms with E-state index in [1.165, 1.54) is 113 Å². The summed E-state index contributed by atoms with van der Waals surface area (Å²) in [6.07, 6.45) is 19.9. The van der Waals surface area contributed by atoms with Gasteiger partial charge in [0, 0.05) is 29.3 Å². The first kappa shape index (κ1) is 49.1. The van der Waals surface area contributed by atoms with E-state index >= 15 is 0 Å². The van der Waals surface area contributed by atoms with Gasteiger partial charge in [0.2, 0.25) is 0 Å². The standard InChI is InChI=1S/C18H15N.C16H35N.C7H9N.C6H7N.C2H5NO2/c1-4-10-16(11-5-1)19(17-12-6-2-7-13-17)18-14-8-3-9-15-18;1-2-3-4-5-6-7-8-9-10-11-12-13-14-15-16-17;8-6-7-4-2-1-3-5-7;7-6-4-2-1-3-5-6;3-1-2(4)5/h1-15H;2-17H2,1H3;1-5H,6,8H2;1-5H,7H2;1,3H2,(H,4,5). The summed E-state index contributed by atoms with van der Waals surface area (Å²) in [5.74, 6) is -0.968. The van der Waals surface area contributed by atoms with Crippen LogP contribution in [0.1, 0.15) is 102 Å². The van der Waals surface area contributed by atoms with Crippen LogP contribution in [0.15, 0.2) is 152 Å². The van der Waals surface area contributed by atoms with E-state index in [1.807, 2.05) is 78.9 Å². The molecule has 304 valence electrons. The number of nitrogens with two attached hydrogens (primary N) is 4. The number of hydrogen-bond donors (Lipinski definition) is 5. The molecule has 0 bridgehead atoms. The normalized spacial score (nSPS) is 9.79. The van der Waals surface area contributed by atoms with Gasteiger partial charge < -0.3 is 32.9 Å². The Morgan fingerprint density at radius 1 is 0.464 bits per heavy atom. The molecule has 0 aliphatic carbocycles. The first-order chi connectivity index (χ1) is 27.5. The first-order valence-corrected chi connectivity index (χ1v) is 20.6. The summed E-state index contributed by atoms with van der Waals surface area (Å²) in [7, 11) is 0. The number of hydrogen-bond acceptors (Lipinski definition) is 6. The zero-order valence-corrected chi connectivity index (χ0v) is 34.1. The average Bonchev–Trinajstić information content (AvgIpc) is 3.25. The van der Waals surface area contributed by atoms with E-state index in [0.29, 0.717) is 6.54 Å². The Bertz CT molecular complexity index is 1430. The van der Waals surface area contributed by atoms with Gasteiger partial charge in [-0.1, -0.05) is 194 Å². The number of carboxylic acids is 1. The Kier molecular flexibility index (Phi) is 31.3. The highest BCUT2D eigenvalue weighted by Crippen LogP contribution is 2.33. The van der Waals surface area contributed by atoms with Gasteiger partial charge in [-0.2, -0.15) is 0 Å². The lowest BCUT2D eigenvalue weighted by atomic mass is 10.0. The zero-order valence-electron chi connectivity index (χ0n) is 34.1. The molecule has 0 saturated carbocycles. The van der Waals surface area contributed by atoms with Gasteiger partial charge >= 0.3 is 5.97 Å². The molecular formula is C49H71N5O2. The molecular weight excluding hydrogens is 691 g/mol. The van der Waals surface area contributed by atoms with E-state index in [4.69, 9.17) is 22.3 Å². The maximum absolute atomic E-state index is 9.24. The van der Waals surface area contributed by atoms with Crippen molar-refractivity contribution in [3.63, 3.8) is 0 Å². The van der Waals surface area contributed by atoms with Crippen LogP contribution < -0.4 is 27.8 Å². The molecule has 0 saturated heterocycles. The van der Waals surface area contributed by atoms with Crippen molar-refractivity contribution in [1.29, 1.82) is 0 Å². The molecule has 0 aliphatic rings. The second kappa shape index (κ2) is 35.7. The number of nitrogen functional groups attached to an aromatic ring is 1. The Labute approximate surface area is 339 Å². The van der Waals surface area contributed by atoms with E-state index < -0.39 is 5.97 Å². The third-order valence-electron chi connectivity index (χ3n) is 8.65. The fraction of sp³-hybridized carbons (Fsp3) is 0.367. The Balaban J connectivity index is 0.000000382. The molecule has 0 unspecified atom stereocenters. The Hall–Kier alpha value is -4.95. The number of unbranched alkanes of at least 4 members (excludes halogenated alkanes) is 13. The summed E-state index contributed by atoms with van der Waals surface area (Å²) in [6, 6.07) is 50.7. The molecule has 0 aliphatic heterocycles. The molecule has 7 heteroatoms. The third kappa shape index (κ3) is 26.8. The lowest BCUT2D eigenvalue weighted by Crippen LogP contribution is -2.10. The molecule has 7 nitrogen and oxygen atoms in total. The van der Waals surface area contributed by atoms with E-state index in [2.05, 4.69) is 90.4 Å². The quantitative estimate of drug-likeness (QED) is 0.0416. The lowest BCUT2D eigenvalue weighted by Gasteiger charge is -2.25. The van der Waals surface area contributed by atoms with Crippen molar-refractivity contribution in [3.8, 4) is 0 Å². The van der Waals surface area contributed by atoms with Gasteiger partial charge in [-0.15, -0.1) is 0 Å². The minimum atomic E-state index is -0.968. The number of anilines is 4. The Morgan fingerprint density at radius 3 is 0.982 bits per heavy atom. The van der Waals surface area contributed by atoms with Crippen molar-refractivity contribution < 1.29 is 9.90 Å². The molecule has 5 rings (SSSR count). The molecule has 9 N–H and O–H groups in total. The van der Waals surface area contributed by atoms with Gasteiger partial charge in [-0.25, -0.2) is 0 Å². The molecule has 0 atom stereocenters. The summed E-state index contributed by atoms with van der Waals surface area (Å²) >= 11 is 0. The average molecular weight is 762 g/mol. The summed E-state index contributed by atoms with van der Waals surface area (Å²) < 4.78 is 0. The molecule has 0 radical (unpaired) electrons. The van der Waals surface area contributed by atoms with Crippen molar-refractivity contribution in [2.75, 3.05) is 23.7 Å². The SMILES string of the molecule is CCCCCCCCCCCCCCCCN.NCC(=O)O.NCc1ccccc1.Nc1ccccc1.c1ccc(N(c2ccccc2)c2ccccc2)cc1. The Morgan fingerprint density at radius 2 is 0.750 bits per heavy atom. The van der Waals surface area contributed by atoms with Crippen LogP contribution >= 0.6 is 0 Å². The molecule has 0 spiro atoms. The summed E-state index contributed by atoms with van der Waals surface area (Å²) in [5, 5.41) is 7.60. The van der Waals surface area contributed by atoms with Crippen LogP contribution in [0.5, 0.6) is 0 Å². The van der Waals surface area contributed by atoms with Crippen LogP contribution in [0.4, 0.5) is 22.7 Å². The molecule has 0 fully saturated rings. The van der Waals surface area contributed by atoms with Crippen LogP contribution in [0.3, 0.4) is 0 Å². The maximum Gasteiger partial charge on any atom is 0.317 e. The third-order valence-corrected chi connectivity index (χ3v) is 8.65. The van der Waals surface area contributed by atoms with Crippen LogP contribution in [0, 0.1) is 0 Å². The number of rotatable bonds is 19. The van der Waals surface area contributed by atoms with E-state index in [9.17, 15) is 4.79 Å². The molecule has 56 heavy (non-hydrogen) atoms. The summed E-state index contributed by atoms with van der Waals surface area (Å²) in [5.41, 5.74) is 26.3. The summed E-state index contributed by atoms with van der Waals surface area (Å²) in [6.45, 7) is 3.52. The van der Waals surface area contributed by atoms with Gasteiger partial charge in [-0.3, -0.25) is 4.79 Å². The molecule has 0 heterocycles. The topological polar surface area (TPSA) is 145 Å². The minimum Gasteiger partial charge on any atom is -0.480 e. The predicted octanol–water partition coefficient (Wildman–Crippen LogP) is 12.0. The van der Waals surface area contributed by atoms with E-state index in [0.717, 1.165) is 12.2 Å². The van der Waals surface area contributed by atoms with Gasteiger partial charge in [0.25, 0.3) is 0 Å². The number of aliphatic carboxylic acids is 1. The fourth-order valence-electron chi connectivity index (χ4n) is 5.58. The van der Waals surface area contributed by atoms with Crippen LogP contribution in [-0.2, 0) is 11.3 Å². The van der Waals surface area contributed by atoms with Crippen LogP contribution in [-0.4, -0.2) is 24.2 Å². The number of benzene rings is 5. The van der Waals surface area contributed by atoms with Crippen molar-refractivity contribution in [2.45, 2.75) is 103 Å². The number of carbonyl (C=O) groups is 1. The van der Waals surface area contributed by atoms with Crippen LogP contribution in [0.25, 0.3) is 0 Å². The molecule has 0 amide bonds. The largest absolute Gasteiger partial charge is 0.480 e. The molecule has 0 aromatic heterocycles. The fourth-order valence-corrected chi connectivity index (χ4v) is 5.58. The van der Waals surface area contributed by atoms with Crippen LogP contribution in [0.2, 0.25) is 0 Å². The van der Waals surface area contributed by atoms with E-state index in [1.54, 1.807) is 0 Å². The highest BCUT2D eigenvalue weighted by atomic mass is 16.4. The highest BCUT2D eigenvalue weighted by molar-refractivity contribution is 5.76. The van der Waals surface area contributed by atoms with E-state index in [-0.39, 0.29) is 6.54 Å². The van der Waals surface area contributed by atoms with Crippen molar-refractivity contribution in [1.82, 2.24) is 0 Å². The number of nitrogens with zero attached hydrogens (tertiary/aromatic N) is 1. The number of carboxylic acid groups (broad SMARTS) is 1. The lowest BCUT2D eigenvalue weighted by molar-refractivity contribution is -0.135. The maximum atomic E-state index is 9.24.